The van der Waals surface area contributed by atoms with Crippen LogP contribution in [0.25, 0.3) is 0 Å². The Hall–Kier alpha value is -1.20. The molecular formula is C14H12Br2N2O. The summed E-state index contributed by atoms with van der Waals surface area (Å²) in [5.74, 6) is -0.0249. The van der Waals surface area contributed by atoms with Gasteiger partial charge in [0, 0.05) is 29.8 Å². The van der Waals surface area contributed by atoms with Crippen molar-refractivity contribution in [2.45, 2.75) is 6.54 Å². The molecule has 0 saturated heterocycles. The number of carbonyl (C=O) groups excluding carboxylic acids is 1. The average Bonchev–Trinajstić information content (AvgIpc) is 2.38. The maximum Gasteiger partial charge on any atom is 0.254 e. The van der Waals surface area contributed by atoms with Crippen molar-refractivity contribution in [1.29, 1.82) is 0 Å². The molecule has 0 unspecified atom stereocenters. The molecule has 1 heterocycles. The third-order valence-electron chi connectivity index (χ3n) is 2.63. The number of hydrogen-bond acceptors (Lipinski definition) is 2. The van der Waals surface area contributed by atoms with Crippen molar-refractivity contribution < 1.29 is 4.79 Å². The predicted octanol–water partition coefficient (Wildman–Crippen LogP) is 3.88. The number of benzene rings is 1. The van der Waals surface area contributed by atoms with Gasteiger partial charge in [0.25, 0.3) is 5.91 Å². The molecule has 0 atom stereocenters. The molecule has 19 heavy (non-hydrogen) atoms. The van der Waals surface area contributed by atoms with E-state index in [4.69, 9.17) is 0 Å². The van der Waals surface area contributed by atoms with Crippen LogP contribution in [-0.2, 0) is 6.54 Å². The zero-order valence-electron chi connectivity index (χ0n) is 10.3. The maximum absolute atomic E-state index is 12.3. The van der Waals surface area contributed by atoms with Gasteiger partial charge in [-0.05, 0) is 45.8 Å². The first-order chi connectivity index (χ1) is 9.06. The van der Waals surface area contributed by atoms with Crippen molar-refractivity contribution in [3.8, 4) is 0 Å². The number of aromatic nitrogens is 1. The minimum atomic E-state index is -0.0249. The minimum Gasteiger partial charge on any atom is -0.337 e. The van der Waals surface area contributed by atoms with Crippen LogP contribution < -0.4 is 0 Å². The smallest absolute Gasteiger partial charge is 0.254 e. The summed E-state index contributed by atoms with van der Waals surface area (Å²) in [6, 6.07) is 11.4. The molecule has 0 radical (unpaired) electrons. The second-order valence-electron chi connectivity index (χ2n) is 4.16. The van der Waals surface area contributed by atoms with Crippen LogP contribution in [0.4, 0.5) is 0 Å². The Balaban J connectivity index is 2.12. The number of rotatable bonds is 3. The summed E-state index contributed by atoms with van der Waals surface area (Å²) in [6.45, 7) is 0.568. The molecule has 5 heteroatoms. The van der Waals surface area contributed by atoms with Gasteiger partial charge in [-0.1, -0.05) is 28.1 Å². The van der Waals surface area contributed by atoms with E-state index in [1.807, 2.05) is 24.3 Å². The van der Waals surface area contributed by atoms with E-state index < -0.39 is 0 Å². The standard InChI is InChI=1S/C14H12Br2N2O/c1-18(9-10-3-2-4-12(15)7-10)14(19)11-5-6-17-13(16)8-11/h2-8H,9H2,1H3. The number of carbonyl (C=O) groups is 1. The fourth-order valence-electron chi connectivity index (χ4n) is 1.74. The SMILES string of the molecule is CN(Cc1cccc(Br)c1)C(=O)c1ccnc(Br)c1. The Morgan fingerprint density at radius 3 is 2.74 bits per heavy atom. The summed E-state index contributed by atoms with van der Waals surface area (Å²) in [6.07, 6.45) is 1.62. The molecule has 0 aliphatic rings. The predicted molar refractivity (Wildman–Crippen MR) is 81.9 cm³/mol. The van der Waals surface area contributed by atoms with Gasteiger partial charge in [-0.15, -0.1) is 0 Å². The Morgan fingerprint density at radius 1 is 1.26 bits per heavy atom. The number of hydrogen-bond donors (Lipinski definition) is 0. The van der Waals surface area contributed by atoms with Gasteiger partial charge in [-0.25, -0.2) is 4.98 Å². The molecule has 0 bridgehead atoms. The van der Waals surface area contributed by atoms with Gasteiger partial charge in [0.2, 0.25) is 0 Å². The molecule has 2 aromatic rings. The van der Waals surface area contributed by atoms with Crippen LogP contribution >= 0.6 is 31.9 Å². The number of nitrogens with zero attached hydrogens (tertiary/aromatic N) is 2. The summed E-state index contributed by atoms with van der Waals surface area (Å²) in [5, 5.41) is 0. The number of halogens is 2. The molecule has 0 aliphatic carbocycles. The molecule has 0 N–H and O–H groups in total. The van der Waals surface area contributed by atoms with E-state index in [9.17, 15) is 4.79 Å². The Bertz CT molecular complexity index is 602. The van der Waals surface area contributed by atoms with E-state index >= 15 is 0 Å². The molecule has 2 rings (SSSR count). The van der Waals surface area contributed by atoms with Gasteiger partial charge < -0.3 is 4.90 Å². The molecule has 0 saturated carbocycles. The lowest BCUT2D eigenvalue weighted by atomic mass is 10.2. The normalized spacial score (nSPS) is 10.3. The average molecular weight is 384 g/mol. The largest absolute Gasteiger partial charge is 0.337 e. The minimum absolute atomic E-state index is 0.0249. The van der Waals surface area contributed by atoms with Gasteiger partial charge in [-0.3, -0.25) is 4.79 Å². The van der Waals surface area contributed by atoms with Crippen molar-refractivity contribution in [1.82, 2.24) is 9.88 Å². The van der Waals surface area contributed by atoms with Crippen LogP contribution in [0.2, 0.25) is 0 Å². The summed E-state index contributed by atoms with van der Waals surface area (Å²) in [7, 11) is 1.79. The summed E-state index contributed by atoms with van der Waals surface area (Å²) in [5.41, 5.74) is 1.71. The molecule has 0 aliphatic heterocycles. The van der Waals surface area contributed by atoms with Crippen LogP contribution in [-0.4, -0.2) is 22.8 Å². The molecule has 0 spiro atoms. The third-order valence-corrected chi connectivity index (χ3v) is 3.56. The first kappa shape index (κ1) is 14.2. The first-order valence-corrected chi connectivity index (χ1v) is 7.26. The zero-order chi connectivity index (χ0) is 13.8. The van der Waals surface area contributed by atoms with Crippen LogP contribution in [0.1, 0.15) is 15.9 Å². The lowest BCUT2D eigenvalue weighted by Crippen LogP contribution is -2.26. The van der Waals surface area contributed by atoms with Crippen molar-refractivity contribution in [2.24, 2.45) is 0 Å². The highest BCUT2D eigenvalue weighted by Gasteiger charge is 2.12. The van der Waals surface area contributed by atoms with Crippen LogP contribution in [0, 0.1) is 0 Å². The number of amides is 1. The second-order valence-corrected chi connectivity index (χ2v) is 5.89. The lowest BCUT2D eigenvalue weighted by molar-refractivity contribution is 0.0785. The van der Waals surface area contributed by atoms with E-state index in [0.717, 1.165) is 10.0 Å². The highest BCUT2D eigenvalue weighted by atomic mass is 79.9. The van der Waals surface area contributed by atoms with Gasteiger partial charge in [0.05, 0.1) is 0 Å². The van der Waals surface area contributed by atoms with Crippen LogP contribution in [0.5, 0.6) is 0 Å². The Kier molecular flexibility index (Phi) is 4.71. The van der Waals surface area contributed by atoms with E-state index in [0.29, 0.717) is 16.7 Å². The van der Waals surface area contributed by atoms with Gasteiger partial charge in [0.1, 0.15) is 4.60 Å². The van der Waals surface area contributed by atoms with Crippen molar-refractivity contribution in [2.75, 3.05) is 7.05 Å². The highest BCUT2D eigenvalue weighted by molar-refractivity contribution is 9.10. The Labute approximate surface area is 128 Å². The van der Waals surface area contributed by atoms with Gasteiger partial charge in [-0.2, -0.15) is 0 Å². The number of pyridine rings is 1. The molecule has 1 amide bonds. The highest BCUT2D eigenvalue weighted by Crippen LogP contribution is 2.15. The molecule has 1 aromatic carbocycles. The van der Waals surface area contributed by atoms with Crippen LogP contribution in [0.3, 0.4) is 0 Å². The van der Waals surface area contributed by atoms with E-state index in [2.05, 4.69) is 36.8 Å². The second kappa shape index (κ2) is 6.30. The van der Waals surface area contributed by atoms with Gasteiger partial charge in [0.15, 0.2) is 0 Å². The summed E-state index contributed by atoms with van der Waals surface area (Å²) >= 11 is 6.69. The third kappa shape index (κ3) is 3.88. The maximum atomic E-state index is 12.3. The first-order valence-electron chi connectivity index (χ1n) is 5.68. The van der Waals surface area contributed by atoms with Crippen LogP contribution in [0.15, 0.2) is 51.7 Å². The topological polar surface area (TPSA) is 33.2 Å². The quantitative estimate of drug-likeness (QED) is 0.753. The van der Waals surface area contributed by atoms with Gasteiger partial charge >= 0.3 is 0 Å². The molecular weight excluding hydrogens is 372 g/mol. The molecule has 3 nitrogen and oxygen atoms in total. The molecule has 1 aromatic heterocycles. The molecule has 98 valence electrons. The summed E-state index contributed by atoms with van der Waals surface area (Å²) < 4.78 is 1.67. The zero-order valence-corrected chi connectivity index (χ0v) is 13.5. The lowest BCUT2D eigenvalue weighted by Gasteiger charge is -2.17. The fourth-order valence-corrected chi connectivity index (χ4v) is 2.55. The van der Waals surface area contributed by atoms with E-state index in [-0.39, 0.29) is 5.91 Å². The van der Waals surface area contributed by atoms with Crippen molar-refractivity contribution >= 4 is 37.8 Å². The Morgan fingerprint density at radius 2 is 2.05 bits per heavy atom. The van der Waals surface area contributed by atoms with Crippen molar-refractivity contribution in [3.05, 3.63) is 62.8 Å². The van der Waals surface area contributed by atoms with E-state index in [1.165, 1.54) is 0 Å². The summed E-state index contributed by atoms with van der Waals surface area (Å²) in [4.78, 5) is 18.0. The fraction of sp³-hybridized carbons (Fsp3) is 0.143. The van der Waals surface area contributed by atoms with E-state index in [1.54, 1.807) is 30.3 Å². The molecule has 0 fully saturated rings. The monoisotopic (exact) mass is 382 g/mol. The van der Waals surface area contributed by atoms with Crippen molar-refractivity contribution in [3.63, 3.8) is 0 Å².